The van der Waals surface area contributed by atoms with Gasteiger partial charge in [0.05, 0.1) is 11.7 Å². The highest BCUT2D eigenvalue weighted by molar-refractivity contribution is 5.98. The zero-order chi connectivity index (χ0) is 10.6. The van der Waals surface area contributed by atoms with Crippen LogP contribution >= 0.6 is 0 Å². The predicted molar refractivity (Wildman–Crippen MR) is 52.7 cm³/mol. The Morgan fingerprint density at radius 3 is 3.07 bits per heavy atom. The number of nitrogens with one attached hydrogen (secondary N) is 1. The van der Waals surface area contributed by atoms with Crippen molar-refractivity contribution >= 4 is 11.6 Å². The number of hydrogen-bond acceptors (Lipinski definition) is 4. The third-order valence-electron chi connectivity index (χ3n) is 1.66. The number of aromatic nitrogens is 1. The number of nitrogen functional groups attached to an aromatic ring is 1. The van der Waals surface area contributed by atoms with E-state index in [1.165, 1.54) is 12.4 Å². The van der Waals surface area contributed by atoms with Crippen LogP contribution in [-0.4, -0.2) is 28.6 Å². The number of hydrogen-bond donors (Lipinski definition) is 3. The molecule has 5 nitrogen and oxygen atoms in total. The number of aliphatic hydroxyl groups excluding tert-OH is 1. The molecule has 1 amide bonds. The topological polar surface area (TPSA) is 88.2 Å². The van der Waals surface area contributed by atoms with Crippen molar-refractivity contribution in [3.63, 3.8) is 0 Å². The average molecular weight is 195 g/mol. The number of aliphatic hydroxyl groups is 1. The van der Waals surface area contributed by atoms with Crippen LogP contribution in [-0.2, 0) is 0 Å². The van der Waals surface area contributed by atoms with E-state index in [0.717, 1.165) is 0 Å². The normalized spacial score (nSPS) is 12.1. The molecule has 4 N–H and O–H groups in total. The maximum absolute atomic E-state index is 11.4. The minimum atomic E-state index is -0.572. The molecule has 1 aromatic rings. The van der Waals surface area contributed by atoms with Gasteiger partial charge in [0.15, 0.2) is 0 Å². The lowest BCUT2D eigenvalue weighted by atomic mass is 10.2. The van der Waals surface area contributed by atoms with E-state index in [2.05, 4.69) is 10.3 Å². The van der Waals surface area contributed by atoms with Crippen molar-refractivity contribution in [2.24, 2.45) is 0 Å². The first-order valence-corrected chi connectivity index (χ1v) is 4.27. The molecule has 0 aliphatic heterocycles. The summed E-state index contributed by atoms with van der Waals surface area (Å²) in [4.78, 5) is 15.2. The van der Waals surface area contributed by atoms with Crippen LogP contribution in [0, 0.1) is 0 Å². The summed E-state index contributed by atoms with van der Waals surface area (Å²) < 4.78 is 0. The summed E-state index contributed by atoms with van der Waals surface area (Å²) in [5, 5.41) is 11.5. The van der Waals surface area contributed by atoms with Gasteiger partial charge >= 0.3 is 0 Å². The molecule has 0 aliphatic rings. The first kappa shape index (κ1) is 10.5. The molecule has 1 heterocycles. The van der Waals surface area contributed by atoms with Gasteiger partial charge in [-0.1, -0.05) is 0 Å². The first-order valence-electron chi connectivity index (χ1n) is 4.27. The number of rotatable bonds is 3. The van der Waals surface area contributed by atoms with Crippen LogP contribution in [0.15, 0.2) is 18.5 Å². The largest absolute Gasteiger partial charge is 0.398 e. The molecular formula is C9H13N3O2. The van der Waals surface area contributed by atoms with Gasteiger partial charge in [-0.25, -0.2) is 0 Å². The third kappa shape index (κ3) is 2.70. The molecule has 0 aliphatic carbocycles. The molecule has 0 saturated carbocycles. The second kappa shape index (κ2) is 4.57. The molecule has 5 heteroatoms. The third-order valence-corrected chi connectivity index (χ3v) is 1.66. The summed E-state index contributed by atoms with van der Waals surface area (Å²) >= 11 is 0. The Morgan fingerprint density at radius 1 is 1.79 bits per heavy atom. The number of amides is 1. The highest BCUT2D eigenvalue weighted by Gasteiger charge is 2.09. The lowest BCUT2D eigenvalue weighted by molar-refractivity contribution is 0.0924. The number of carbonyl (C=O) groups excluding carboxylic acids is 1. The summed E-state index contributed by atoms with van der Waals surface area (Å²) in [6.07, 6.45) is 2.34. The Labute approximate surface area is 82.0 Å². The SMILES string of the molecule is C[C@H](O)CNC(=O)c1cnccc1N. The predicted octanol–water partition coefficient (Wildman–Crippen LogP) is -0.226. The first-order chi connectivity index (χ1) is 6.61. The van der Waals surface area contributed by atoms with E-state index in [1.807, 2.05) is 0 Å². The van der Waals surface area contributed by atoms with Crippen molar-refractivity contribution < 1.29 is 9.90 Å². The quantitative estimate of drug-likeness (QED) is 0.622. The van der Waals surface area contributed by atoms with Crippen LogP contribution in [0.5, 0.6) is 0 Å². The zero-order valence-electron chi connectivity index (χ0n) is 7.90. The van der Waals surface area contributed by atoms with E-state index in [4.69, 9.17) is 10.8 Å². The maximum Gasteiger partial charge on any atom is 0.255 e. The number of nitrogens with two attached hydrogens (primary N) is 1. The minimum absolute atomic E-state index is 0.202. The Morgan fingerprint density at radius 2 is 2.50 bits per heavy atom. The summed E-state index contributed by atoms with van der Waals surface area (Å²) in [5.41, 5.74) is 6.27. The summed E-state index contributed by atoms with van der Waals surface area (Å²) in [5.74, 6) is -0.323. The molecular weight excluding hydrogens is 182 g/mol. The molecule has 1 aromatic heterocycles. The van der Waals surface area contributed by atoms with Gasteiger partial charge in [-0.3, -0.25) is 9.78 Å². The van der Waals surface area contributed by atoms with Crippen LogP contribution < -0.4 is 11.1 Å². The Bertz CT molecular complexity index is 326. The highest BCUT2D eigenvalue weighted by atomic mass is 16.3. The maximum atomic E-state index is 11.4. The van der Waals surface area contributed by atoms with Gasteiger partial charge in [-0.15, -0.1) is 0 Å². The summed E-state index contributed by atoms with van der Waals surface area (Å²) in [6.45, 7) is 1.79. The van der Waals surface area contributed by atoms with Crippen molar-refractivity contribution in [2.75, 3.05) is 12.3 Å². The van der Waals surface area contributed by atoms with Gasteiger partial charge < -0.3 is 16.2 Å². The van der Waals surface area contributed by atoms with Crippen LogP contribution in [0.25, 0.3) is 0 Å². The van der Waals surface area contributed by atoms with Gasteiger partial charge in [-0.05, 0) is 13.0 Å². The van der Waals surface area contributed by atoms with Crippen molar-refractivity contribution in [2.45, 2.75) is 13.0 Å². The lowest BCUT2D eigenvalue weighted by Gasteiger charge is -2.07. The Balaban J connectivity index is 2.65. The number of anilines is 1. The van der Waals surface area contributed by atoms with Crippen molar-refractivity contribution in [3.8, 4) is 0 Å². The van der Waals surface area contributed by atoms with Gasteiger partial charge in [0.1, 0.15) is 0 Å². The fourth-order valence-electron chi connectivity index (χ4n) is 0.931. The molecule has 0 unspecified atom stereocenters. The molecule has 1 rings (SSSR count). The molecule has 1 atom stereocenters. The standard InChI is InChI=1S/C9H13N3O2/c1-6(13)4-12-9(14)7-5-11-3-2-8(7)10/h2-3,5-6,13H,4H2,1H3,(H2,10,11)(H,12,14)/t6-/m0/s1. The number of carbonyl (C=O) groups is 1. The van der Waals surface area contributed by atoms with E-state index >= 15 is 0 Å². The Hall–Kier alpha value is -1.62. The fourth-order valence-corrected chi connectivity index (χ4v) is 0.931. The minimum Gasteiger partial charge on any atom is -0.398 e. The van der Waals surface area contributed by atoms with E-state index in [9.17, 15) is 4.79 Å². The van der Waals surface area contributed by atoms with Crippen molar-refractivity contribution in [1.82, 2.24) is 10.3 Å². The number of pyridine rings is 1. The molecule has 0 radical (unpaired) electrons. The van der Waals surface area contributed by atoms with E-state index < -0.39 is 6.10 Å². The van der Waals surface area contributed by atoms with Crippen LogP contribution in [0.3, 0.4) is 0 Å². The van der Waals surface area contributed by atoms with Gasteiger partial charge in [-0.2, -0.15) is 0 Å². The lowest BCUT2D eigenvalue weighted by Crippen LogP contribution is -2.31. The fraction of sp³-hybridized carbons (Fsp3) is 0.333. The van der Waals surface area contributed by atoms with E-state index in [-0.39, 0.29) is 12.5 Å². The molecule has 0 spiro atoms. The molecule has 14 heavy (non-hydrogen) atoms. The molecule has 0 aromatic carbocycles. The number of nitrogens with zero attached hydrogens (tertiary/aromatic N) is 1. The van der Waals surface area contributed by atoms with Crippen LogP contribution in [0.2, 0.25) is 0 Å². The zero-order valence-corrected chi connectivity index (χ0v) is 7.90. The van der Waals surface area contributed by atoms with Gasteiger partial charge in [0, 0.05) is 24.6 Å². The van der Waals surface area contributed by atoms with Crippen LogP contribution in [0.4, 0.5) is 5.69 Å². The molecule has 76 valence electrons. The second-order valence-corrected chi connectivity index (χ2v) is 3.02. The van der Waals surface area contributed by atoms with Crippen molar-refractivity contribution in [1.29, 1.82) is 0 Å². The Kier molecular flexibility index (Phi) is 3.41. The van der Waals surface area contributed by atoms with Gasteiger partial charge in [0.25, 0.3) is 5.91 Å². The smallest absolute Gasteiger partial charge is 0.255 e. The molecule has 0 fully saturated rings. The van der Waals surface area contributed by atoms with Gasteiger partial charge in [0.2, 0.25) is 0 Å². The monoisotopic (exact) mass is 195 g/mol. The molecule has 0 saturated heterocycles. The summed E-state index contributed by atoms with van der Waals surface area (Å²) in [6, 6.07) is 1.55. The second-order valence-electron chi connectivity index (χ2n) is 3.02. The van der Waals surface area contributed by atoms with Crippen LogP contribution in [0.1, 0.15) is 17.3 Å². The molecule has 0 bridgehead atoms. The van der Waals surface area contributed by atoms with Crippen molar-refractivity contribution in [3.05, 3.63) is 24.0 Å². The van der Waals surface area contributed by atoms with E-state index in [1.54, 1.807) is 13.0 Å². The van der Waals surface area contributed by atoms with E-state index in [0.29, 0.717) is 11.3 Å². The highest BCUT2D eigenvalue weighted by Crippen LogP contribution is 2.07. The average Bonchev–Trinajstić information content (AvgIpc) is 2.15. The summed E-state index contributed by atoms with van der Waals surface area (Å²) in [7, 11) is 0.